The number of nitrogens with one attached hydrogen (secondary N) is 2. The largest absolute Gasteiger partial charge is 0.497 e. The Morgan fingerprint density at radius 2 is 2.00 bits per heavy atom. The van der Waals surface area contributed by atoms with Gasteiger partial charge in [-0.2, -0.15) is 0 Å². The number of aromatic nitrogens is 3. The summed E-state index contributed by atoms with van der Waals surface area (Å²) < 4.78 is 7.58. The normalized spacial score (nSPS) is 16.0. The molecule has 0 radical (unpaired) electrons. The summed E-state index contributed by atoms with van der Waals surface area (Å²) in [4.78, 5) is 12.6. The van der Waals surface area contributed by atoms with Crippen molar-refractivity contribution in [2.45, 2.75) is 88.3 Å². The number of rotatable bonds is 8. The Hall–Kier alpha value is -2.22. The maximum atomic E-state index is 12.6. The molecule has 0 aliphatic heterocycles. The number of methoxy groups -OCH3 is 1. The summed E-state index contributed by atoms with van der Waals surface area (Å²) in [7, 11) is 1.67. The third kappa shape index (κ3) is 6.63. The van der Waals surface area contributed by atoms with Crippen molar-refractivity contribution in [2.75, 3.05) is 12.4 Å². The fourth-order valence-corrected chi connectivity index (χ4v) is 4.75. The summed E-state index contributed by atoms with van der Waals surface area (Å²) in [6.45, 7) is 8.49. The van der Waals surface area contributed by atoms with E-state index in [2.05, 4.69) is 25.4 Å². The van der Waals surface area contributed by atoms with Crippen molar-refractivity contribution >= 4 is 23.4 Å². The molecule has 0 saturated heterocycles. The lowest BCUT2D eigenvalue weighted by Crippen LogP contribution is -2.44. The van der Waals surface area contributed by atoms with E-state index in [1.165, 1.54) is 31.0 Å². The van der Waals surface area contributed by atoms with E-state index >= 15 is 0 Å². The number of hydrogen-bond donors (Lipinski definition) is 2. The number of thioether (sulfide) groups is 1. The smallest absolute Gasteiger partial charge is 0.233 e. The van der Waals surface area contributed by atoms with E-state index < -0.39 is 0 Å². The van der Waals surface area contributed by atoms with Gasteiger partial charge in [0, 0.05) is 23.3 Å². The molecule has 1 aromatic carbocycles. The minimum absolute atomic E-state index is 0.0201. The fourth-order valence-electron chi connectivity index (χ4n) is 3.81. The molecule has 1 aliphatic carbocycles. The van der Waals surface area contributed by atoms with Crippen LogP contribution in [0.15, 0.2) is 29.4 Å². The van der Waals surface area contributed by atoms with Gasteiger partial charge in [-0.1, -0.05) is 37.1 Å². The highest BCUT2D eigenvalue weighted by Gasteiger charge is 2.27. The number of nitrogens with zero attached hydrogens (tertiary/aromatic N) is 3. The van der Waals surface area contributed by atoms with Gasteiger partial charge in [0.05, 0.1) is 18.9 Å². The molecule has 1 amide bonds. The Morgan fingerprint density at radius 3 is 2.68 bits per heavy atom. The Morgan fingerprint density at radius 1 is 1.26 bits per heavy atom. The first-order chi connectivity index (χ1) is 14.8. The van der Waals surface area contributed by atoms with Crippen LogP contribution in [0.25, 0.3) is 0 Å². The molecule has 1 atom stereocenters. The van der Waals surface area contributed by atoms with Crippen LogP contribution < -0.4 is 15.4 Å². The summed E-state index contributed by atoms with van der Waals surface area (Å²) >= 11 is 1.49. The van der Waals surface area contributed by atoms with Crippen molar-refractivity contribution in [1.29, 1.82) is 0 Å². The average molecular weight is 446 g/mol. The number of hydrogen-bond acceptors (Lipinski definition) is 6. The monoisotopic (exact) mass is 445 g/mol. The van der Waals surface area contributed by atoms with Crippen LogP contribution in [0.3, 0.4) is 0 Å². The highest BCUT2D eigenvalue weighted by atomic mass is 32.2. The van der Waals surface area contributed by atoms with Crippen LogP contribution in [-0.2, 0) is 11.3 Å². The van der Waals surface area contributed by atoms with Gasteiger partial charge in [-0.3, -0.25) is 4.79 Å². The first-order valence-corrected chi connectivity index (χ1v) is 11.9. The minimum Gasteiger partial charge on any atom is -0.497 e. The molecule has 0 spiro atoms. The third-order valence-corrected chi connectivity index (χ3v) is 6.40. The number of benzene rings is 1. The number of carbonyl (C=O) groups is 1. The van der Waals surface area contributed by atoms with Crippen LogP contribution in [0.5, 0.6) is 5.75 Å². The first kappa shape index (κ1) is 23.4. The maximum Gasteiger partial charge on any atom is 0.233 e. The molecule has 3 rings (SSSR count). The predicted molar refractivity (Wildman–Crippen MR) is 126 cm³/mol. The Balaban J connectivity index is 1.77. The molecule has 1 unspecified atom stereocenters. The molecule has 31 heavy (non-hydrogen) atoms. The van der Waals surface area contributed by atoms with E-state index in [1.54, 1.807) is 7.11 Å². The molecule has 1 aliphatic rings. The molecule has 2 N–H and O–H groups in total. The Bertz CT molecular complexity index is 871. The van der Waals surface area contributed by atoms with E-state index in [1.807, 2.05) is 52.0 Å². The van der Waals surface area contributed by atoms with Crippen molar-refractivity contribution < 1.29 is 9.53 Å². The average Bonchev–Trinajstić information content (AvgIpc) is 3.14. The van der Waals surface area contributed by atoms with Crippen LogP contribution in [-0.4, -0.2) is 38.6 Å². The highest BCUT2D eigenvalue weighted by Crippen LogP contribution is 2.34. The first-order valence-electron chi connectivity index (χ1n) is 11.1. The van der Waals surface area contributed by atoms with Crippen molar-refractivity contribution in [3.63, 3.8) is 0 Å². The van der Waals surface area contributed by atoms with E-state index in [0.29, 0.717) is 12.6 Å². The van der Waals surface area contributed by atoms with Crippen molar-refractivity contribution in [3.05, 3.63) is 30.1 Å². The fraction of sp³-hybridized carbons (Fsp3) is 0.609. The van der Waals surface area contributed by atoms with Gasteiger partial charge in [0.15, 0.2) is 11.0 Å². The molecule has 0 bridgehead atoms. The lowest BCUT2D eigenvalue weighted by Gasteiger charge is -2.27. The van der Waals surface area contributed by atoms with Crippen LogP contribution in [0.2, 0.25) is 0 Å². The Kier molecular flexibility index (Phi) is 7.86. The van der Waals surface area contributed by atoms with E-state index in [4.69, 9.17) is 4.74 Å². The molecule has 1 aromatic heterocycles. The molecule has 1 saturated carbocycles. The second-order valence-corrected chi connectivity index (χ2v) is 10.5. The van der Waals surface area contributed by atoms with Gasteiger partial charge in [-0.15, -0.1) is 10.2 Å². The van der Waals surface area contributed by atoms with Crippen LogP contribution in [0.1, 0.15) is 71.7 Å². The summed E-state index contributed by atoms with van der Waals surface area (Å²) in [5.41, 5.74) is 0.721. The quantitative estimate of drug-likeness (QED) is 0.568. The molecule has 170 valence electrons. The zero-order chi connectivity index (χ0) is 22.4. The van der Waals surface area contributed by atoms with Gasteiger partial charge >= 0.3 is 0 Å². The van der Waals surface area contributed by atoms with Gasteiger partial charge in [-0.05, 0) is 52.7 Å². The van der Waals surface area contributed by atoms with Gasteiger partial charge in [0.25, 0.3) is 0 Å². The van der Waals surface area contributed by atoms with E-state index in [0.717, 1.165) is 35.3 Å². The summed E-state index contributed by atoms with van der Waals surface area (Å²) in [6, 6.07) is 8.25. The minimum atomic E-state index is -0.255. The second kappa shape index (κ2) is 10.4. The molecule has 1 heterocycles. The number of anilines is 1. The predicted octanol–water partition coefficient (Wildman–Crippen LogP) is 4.80. The zero-order valence-corrected chi connectivity index (χ0v) is 20.1. The molecular formula is C23H35N5O2S. The van der Waals surface area contributed by atoms with E-state index in [-0.39, 0.29) is 16.7 Å². The Labute approximate surface area is 189 Å². The van der Waals surface area contributed by atoms with Crippen LogP contribution in [0, 0.1) is 0 Å². The molecule has 2 aromatic rings. The summed E-state index contributed by atoms with van der Waals surface area (Å²) in [6.07, 6.45) is 5.97. The van der Waals surface area contributed by atoms with E-state index in [9.17, 15) is 4.79 Å². The standard InChI is InChI=1S/C23H35N5O2S/c1-16(21(29)25-23(2,3)4)31-22-27-26-20(28(22)18-11-7-6-8-12-18)15-24-17-10-9-13-19(14-17)30-5/h9-10,13-14,16,18,24H,6-8,11-12,15H2,1-5H3,(H,25,29). The number of amides is 1. The third-order valence-electron chi connectivity index (χ3n) is 5.34. The van der Waals surface area contributed by atoms with Gasteiger partial charge in [0.1, 0.15) is 5.75 Å². The van der Waals surface area contributed by atoms with Gasteiger partial charge < -0.3 is 19.9 Å². The van der Waals surface area contributed by atoms with Gasteiger partial charge in [0.2, 0.25) is 5.91 Å². The van der Waals surface area contributed by atoms with Crippen molar-refractivity contribution in [3.8, 4) is 5.75 Å². The number of carbonyl (C=O) groups excluding carboxylic acids is 1. The number of ether oxygens (including phenoxy) is 1. The zero-order valence-electron chi connectivity index (χ0n) is 19.3. The summed E-state index contributed by atoms with van der Waals surface area (Å²) in [5.74, 6) is 1.74. The molecule has 7 nitrogen and oxygen atoms in total. The summed E-state index contributed by atoms with van der Waals surface area (Å²) in [5, 5.41) is 16.1. The van der Waals surface area contributed by atoms with Crippen molar-refractivity contribution in [1.82, 2.24) is 20.1 Å². The topological polar surface area (TPSA) is 81.1 Å². The molecule has 8 heteroatoms. The van der Waals surface area contributed by atoms with Gasteiger partial charge in [-0.25, -0.2) is 0 Å². The van der Waals surface area contributed by atoms with Crippen LogP contribution in [0.4, 0.5) is 5.69 Å². The maximum absolute atomic E-state index is 12.6. The highest BCUT2D eigenvalue weighted by molar-refractivity contribution is 8.00. The second-order valence-electron chi connectivity index (χ2n) is 9.15. The van der Waals surface area contributed by atoms with Crippen LogP contribution >= 0.6 is 11.8 Å². The molecule has 1 fully saturated rings. The SMILES string of the molecule is COc1cccc(NCc2nnc(SC(C)C(=O)NC(C)(C)C)n2C2CCCCC2)c1. The lowest BCUT2D eigenvalue weighted by molar-refractivity contribution is -0.121. The van der Waals surface area contributed by atoms with Crippen molar-refractivity contribution in [2.24, 2.45) is 0 Å². The lowest BCUT2D eigenvalue weighted by atomic mass is 9.95. The molecular weight excluding hydrogens is 410 g/mol.